The first-order valence-electron chi connectivity index (χ1n) is 8.87. The van der Waals surface area contributed by atoms with E-state index < -0.39 is 10.0 Å². The van der Waals surface area contributed by atoms with Gasteiger partial charge in [0.15, 0.2) is 0 Å². The third-order valence-electron chi connectivity index (χ3n) is 5.03. The fourth-order valence-electron chi connectivity index (χ4n) is 3.31. The van der Waals surface area contributed by atoms with Crippen molar-refractivity contribution in [1.29, 1.82) is 0 Å². The number of amides is 1. The Hall–Kier alpha value is -1.15. The molecule has 6 nitrogen and oxygen atoms in total. The van der Waals surface area contributed by atoms with E-state index in [1.54, 1.807) is 24.3 Å². The third kappa shape index (κ3) is 6.23. The van der Waals surface area contributed by atoms with Gasteiger partial charge in [-0.1, -0.05) is 19.1 Å². The number of benzene rings is 1. The van der Waals surface area contributed by atoms with Crippen molar-refractivity contribution in [3.05, 3.63) is 29.8 Å². The first kappa shape index (κ1) is 22.9. The van der Waals surface area contributed by atoms with E-state index in [1.807, 2.05) is 6.92 Å². The molecule has 8 heteroatoms. The van der Waals surface area contributed by atoms with E-state index in [1.165, 1.54) is 7.05 Å². The first-order valence-corrected chi connectivity index (χ1v) is 10.4. The Labute approximate surface area is 163 Å². The molecular formula is C18H30ClN3O3S. The molecule has 0 aromatic heterocycles. The lowest BCUT2D eigenvalue weighted by Crippen LogP contribution is -2.34. The van der Waals surface area contributed by atoms with Gasteiger partial charge in [-0.05, 0) is 69.4 Å². The standard InChI is InChI=1S/C18H29N3O3S.ClH/c1-13(15-8-10-20-11-9-15)12-18(22)21-14(2)16-4-6-17(7-5-16)25(23,24)19-3;/h4-7,13-15,19-20H,8-12H2,1-3H3,(H,21,22);1H. The Kier molecular flexibility index (Phi) is 9.03. The predicted molar refractivity (Wildman–Crippen MR) is 106 cm³/mol. The van der Waals surface area contributed by atoms with Crippen molar-refractivity contribution in [2.24, 2.45) is 11.8 Å². The Morgan fingerprint density at radius 3 is 2.31 bits per heavy atom. The van der Waals surface area contributed by atoms with Gasteiger partial charge in [0.1, 0.15) is 0 Å². The molecule has 0 aliphatic carbocycles. The zero-order chi connectivity index (χ0) is 18.4. The van der Waals surface area contributed by atoms with Crippen molar-refractivity contribution < 1.29 is 13.2 Å². The number of piperidine rings is 1. The number of hydrogen-bond donors (Lipinski definition) is 3. The fraction of sp³-hybridized carbons (Fsp3) is 0.611. The molecule has 148 valence electrons. The zero-order valence-corrected chi connectivity index (χ0v) is 17.3. The molecule has 2 unspecified atom stereocenters. The molecule has 1 aromatic carbocycles. The highest BCUT2D eigenvalue weighted by molar-refractivity contribution is 7.89. The maximum atomic E-state index is 12.3. The summed E-state index contributed by atoms with van der Waals surface area (Å²) in [7, 11) is -2.05. The maximum absolute atomic E-state index is 12.3. The second-order valence-electron chi connectivity index (χ2n) is 6.83. The molecule has 2 atom stereocenters. The Morgan fingerprint density at radius 2 is 1.77 bits per heavy atom. The van der Waals surface area contributed by atoms with Crippen molar-refractivity contribution in [3.8, 4) is 0 Å². The van der Waals surface area contributed by atoms with Crippen LogP contribution >= 0.6 is 12.4 Å². The highest BCUT2D eigenvalue weighted by Crippen LogP contribution is 2.24. The van der Waals surface area contributed by atoms with E-state index in [0.29, 0.717) is 18.3 Å². The molecule has 3 N–H and O–H groups in total. The van der Waals surface area contributed by atoms with Crippen LogP contribution in [0.4, 0.5) is 0 Å². The first-order chi connectivity index (χ1) is 11.8. The summed E-state index contributed by atoms with van der Waals surface area (Å²) in [5.74, 6) is 1.02. The molecule has 2 rings (SSSR count). The molecule has 26 heavy (non-hydrogen) atoms. The maximum Gasteiger partial charge on any atom is 0.240 e. The Balaban J connectivity index is 0.00000338. The van der Waals surface area contributed by atoms with Gasteiger partial charge in [-0.15, -0.1) is 12.4 Å². The number of rotatable bonds is 7. The molecular weight excluding hydrogens is 374 g/mol. The minimum Gasteiger partial charge on any atom is -0.350 e. The van der Waals surface area contributed by atoms with E-state index in [4.69, 9.17) is 0 Å². The summed E-state index contributed by atoms with van der Waals surface area (Å²) in [6.45, 7) is 6.14. The summed E-state index contributed by atoms with van der Waals surface area (Å²) in [5, 5.41) is 6.37. The fourth-order valence-corrected chi connectivity index (χ4v) is 4.04. The monoisotopic (exact) mass is 403 g/mol. The minimum absolute atomic E-state index is 0. The quantitative estimate of drug-likeness (QED) is 0.651. The van der Waals surface area contributed by atoms with E-state index >= 15 is 0 Å². The second kappa shape index (κ2) is 10.3. The highest BCUT2D eigenvalue weighted by atomic mass is 35.5. The number of carbonyl (C=O) groups is 1. The Morgan fingerprint density at radius 1 is 1.19 bits per heavy atom. The summed E-state index contributed by atoms with van der Waals surface area (Å²) >= 11 is 0. The number of hydrogen-bond acceptors (Lipinski definition) is 4. The van der Waals surface area contributed by atoms with Crippen molar-refractivity contribution in [2.45, 2.75) is 44.0 Å². The molecule has 0 radical (unpaired) electrons. The topological polar surface area (TPSA) is 87.3 Å². The van der Waals surface area contributed by atoms with E-state index in [-0.39, 0.29) is 29.3 Å². The van der Waals surface area contributed by atoms with E-state index in [9.17, 15) is 13.2 Å². The van der Waals surface area contributed by atoms with Crippen LogP contribution in [-0.4, -0.2) is 34.5 Å². The van der Waals surface area contributed by atoms with Crippen LogP contribution in [-0.2, 0) is 14.8 Å². The average molecular weight is 404 g/mol. The van der Waals surface area contributed by atoms with Crippen LogP contribution in [0.2, 0.25) is 0 Å². The highest BCUT2D eigenvalue weighted by Gasteiger charge is 2.22. The molecule has 0 bridgehead atoms. The predicted octanol–water partition coefficient (Wildman–Crippen LogP) is 2.22. The molecule has 0 spiro atoms. The lowest BCUT2D eigenvalue weighted by atomic mass is 9.84. The van der Waals surface area contributed by atoms with Crippen molar-refractivity contribution in [2.75, 3.05) is 20.1 Å². The van der Waals surface area contributed by atoms with Crippen LogP contribution in [0.3, 0.4) is 0 Å². The van der Waals surface area contributed by atoms with Gasteiger partial charge in [-0.2, -0.15) is 0 Å². The molecule has 0 saturated carbocycles. The van der Waals surface area contributed by atoms with Crippen molar-refractivity contribution in [1.82, 2.24) is 15.4 Å². The summed E-state index contributed by atoms with van der Waals surface area (Å²) in [6, 6.07) is 6.44. The molecule has 1 aromatic rings. The van der Waals surface area contributed by atoms with Crippen LogP contribution in [0.1, 0.15) is 44.7 Å². The van der Waals surface area contributed by atoms with Crippen LogP contribution in [0.25, 0.3) is 0 Å². The van der Waals surface area contributed by atoms with Crippen LogP contribution in [0.15, 0.2) is 29.2 Å². The number of halogens is 1. The zero-order valence-electron chi connectivity index (χ0n) is 15.6. The lowest BCUT2D eigenvalue weighted by Gasteiger charge is -2.28. The molecule has 1 fully saturated rings. The summed E-state index contributed by atoms with van der Waals surface area (Å²) in [4.78, 5) is 12.5. The summed E-state index contributed by atoms with van der Waals surface area (Å²) in [5.41, 5.74) is 0.887. The van der Waals surface area contributed by atoms with Crippen molar-refractivity contribution >= 4 is 28.3 Å². The van der Waals surface area contributed by atoms with E-state index in [2.05, 4.69) is 22.3 Å². The van der Waals surface area contributed by atoms with Gasteiger partial charge in [0, 0.05) is 6.42 Å². The molecule has 1 amide bonds. The summed E-state index contributed by atoms with van der Waals surface area (Å²) < 4.78 is 25.8. The van der Waals surface area contributed by atoms with Crippen molar-refractivity contribution in [3.63, 3.8) is 0 Å². The van der Waals surface area contributed by atoms with Crippen LogP contribution in [0.5, 0.6) is 0 Å². The number of carbonyl (C=O) groups excluding carboxylic acids is 1. The largest absolute Gasteiger partial charge is 0.350 e. The number of sulfonamides is 1. The normalized spacial score (nSPS) is 17.8. The third-order valence-corrected chi connectivity index (χ3v) is 6.46. The van der Waals surface area contributed by atoms with Gasteiger partial charge in [0.25, 0.3) is 0 Å². The molecule has 1 saturated heterocycles. The summed E-state index contributed by atoms with van der Waals surface area (Å²) in [6.07, 6.45) is 2.79. The molecule has 1 heterocycles. The van der Waals surface area contributed by atoms with Gasteiger partial charge in [0.05, 0.1) is 10.9 Å². The minimum atomic E-state index is -3.43. The van der Waals surface area contributed by atoms with Gasteiger partial charge in [0.2, 0.25) is 15.9 Å². The smallest absolute Gasteiger partial charge is 0.240 e. The van der Waals surface area contributed by atoms with E-state index in [0.717, 1.165) is 31.5 Å². The number of nitrogens with one attached hydrogen (secondary N) is 3. The van der Waals surface area contributed by atoms with Gasteiger partial charge >= 0.3 is 0 Å². The second-order valence-corrected chi connectivity index (χ2v) is 8.72. The van der Waals surface area contributed by atoms with Gasteiger partial charge in [-0.25, -0.2) is 13.1 Å². The average Bonchev–Trinajstić information content (AvgIpc) is 2.62. The van der Waals surface area contributed by atoms with Crippen LogP contribution in [0, 0.1) is 11.8 Å². The van der Waals surface area contributed by atoms with Gasteiger partial charge in [-0.3, -0.25) is 4.79 Å². The van der Waals surface area contributed by atoms with Gasteiger partial charge < -0.3 is 10.6 Å². The SMILES string of the molecule is CNS(=O)(=O)c1ccc(C(C)NC(=O)CC(C)C2CCNCC2)cc1.Cl. The molecule has 1 aliphatic rings. The molecule has 1 aliphatic heterocycles. The Bertz CT molecular complexity index is 673. The lowest BCUT2D eigenvalue weighted by molar-refractivity contribution is -0.123. The van der Waals surface area contributed by atoms with Crippen LogP contribution < -0.4 is 15.4 Å².